The van der Waals surface area contributed by atoms with E-state index < -0.39 is 10.0 Å². The highest BCUT2D eigenvalue weighted by Gasteiger charge is 2.26. The van der Waals surface area contributed by atoms with Crippen LogP contribution in [-0.2, 0) is 10.0 Å². The first-order valence-corrected chi connectivity index (χ1v) is 10.6. The molecule has 7 heteroatoms. The van der Waals surface area contributed by atoms with Gasteiger partial charge in [-0.15, -0.1) is 0 Å². The maximum Gasteiger partial charge on any atom is 0.214 e. The normalized spacial score (nSPS) is 23.5. The summed E-state index contributed by atoms with van der Waals surface area (Å²) in [7, 11) is -3.17. The monoisotopic (exact) mass is 368 g/mol. The van der Waals surface area contributed by atoms with Crippen LogP contribution in [0.25, 0.3) is 0 Å². The number of hydrogen-bond donors (Lipinski definition) is 2. The van der Waals surface area contributed by atoms with Crippen molar-refractivity contribution in [3.8, 4) is 11.5 Å². The van der Waals surface area contributed by atoms with Gasteiger partial charge in [0.15, 0.2) is 11.5 Å². The van der Waals surface area contributed by atoms with Crippen molar-refractivity contribution in [3.05, 3.63) is 18.2 Å². The highest BCUT2D eigenvalue weighted by Crippen LogP contribution is 2.33. The van der Waals surface area contributed by atoms with Crippen LogP contribution in [0.1, 0.15) is 39.5 Å². The van der Waals surface area contributed by atoms with Crippen LogP contribution >= 0.6 is 0 Å². The van der Waals surface area contributed by atoms with E-state index in [1.807, 2.05) is 18.2 Å². The predicted octanol–water partition coefficient (Wildman–Crippen LogP) is 2.76. The number of fused-ring (bicyclic) bond motifs is 1. The SMILES string of the molecule is CC(C)S(=O)(=O)NC1CCC(CNc2ccc3c(c2)OCCO3)CC1. The van der Waals surface area contributed by atoms with Crippen LogP contribution in [0.5, 0.6) is 11.5 Å². The fraction of sp³-hybridized carbons (Fsp3) is 0.667. The lowest BCUT2D eigenvalue weighted by molar-refractivity contribution is 0.171. The molecule has 0 bridgehead atoms. The molecular weight excluding hydrogens is 340 g/mol. The molecule has 0 aromatic heterocycles. The molecule has 2 N–H and O–H groups in total. The lowest BCUT2D eigenvalue weighted by Crippen LogP contribution is -2.41. The van der Waals surface area contributed by atoms with E-state index in [0.29, 0.717) is 19.1 Å². The molecule has 25 heavy (non-hydrogen) atoms. The van der Waals surface area contributed by atoms with Gasteiger partial charge >= 0.3 is 0 Å². The quantitative estimate of drug-likeness (QED) is 0.807. The summed E-state index contributed by atoms with van der Waals surface area (Å²) in [6, 6.07) is 6.01. The Morgan fingerprint density at radius 1 is 1.08 bits per heavy atom. The molecule has 6 nitrogen and oxygen atoms in total. The number of anilines is 1. The Morgan fingerprint density at radius 2 is 1.76 bits per heavy atom. The van der Waals surface area contributed by atoms with Crippen LogP contribution in [0.15, 0.2) is 18.2 Å². The summed E-state index contributed by atoms with van der Waals surface area (Å²) in [6.07, 6.45) is 3.87. The van der Waals surface area contributed by atoms with Gasteiger partial charge in [0.05, 0.1) is 5.25 Å². The highest BCUT2D eigenvalue weighted by molar-refractivity contribution is 7.90. The molecule has 1 aromatic rings. The van der Waals surface area contributed by atoms with Gasteiger partial charge in [-0.05, 0) is 57.6 Å². The van der Waals surface area contributed by atoms with Crippen molar-refractivity contribution in [1.29, 1.82) is 0 Å². The van der Waals surface area contributed by atoms with Gasteiger partial charge in [-0.25, -0.2) is 13.1 Å². The average molecular weight is 368 g/mol. The van der Waals surface area contributed by atoms with Gasteiger partial charge in [0.25, 0.3) is 0 Å². The van der Waals surface area contributed by atoms with Crippen LogP contribution in [0, 0.1) is 5.92 Å². The summed E-state index contributed by atoms with van der Waals surface area (Å²) in [5.41, 5.74) is 1.03. The molecule has 1 aliphatic heterocycles. The summed E-state index contributed by atoms with van der Waals surface area (Å²) in [4.78, 5) is 0. The van der Waals surface area contributed by atoms with Gasteiger partial charge in [0.1, 0.15) is 13.2 Å². The summed E-state index contributed by atoms with van der Waals surface area (Å²) < 4.78 is 37.9. The Morgan fingerprint density at radius 3 is 2.44 bits per heavy atom. The number of benzene rings is 1. The fourth-order valence-electron chi connectivity index (χ4n) is 3.27. The van der Waals surface area contributed by atoms with Crippen LogP contribution in [0.4, 0.5) is 5.69 Å². The molecule has 0 radical (unpaired) electrons. The average Bonchev–Trinajstić information content (AvgIpc) is 2.60. The minimum Gasteiger partial charge on any atom is -0.486 e. The number of nitrogens with one attached hydrogen (secondary N) is 2. The van der Waals surface area contributed by atoms with Crippen LogP contribution in [0.2, 0.25) is 0 Å². The Bertz CT molecular complexity index is 682. The van der Waals surface area contributed by atoms with Crippen LogP contribution in [0.3, 0.4) is 0 Å². The Labute approximate surface area is 150 Å². The molecule has 1 heterocycles. The molecule has 1 aromatic carbocycles. The molecule has 0 saturated heterocycles. The number of sulfonamides is 1. The maximum atomic E-state index is 12.0. The molecule has 0 unspecified atom stereocenters. The first-order valence-electron chi connectivity index (χ1n) is 9.08. The van der Waals surface area contributed by atoms with Crippen molar-refractivity contribution in [2.24, 2.45) is 5.92 Å². The van der Waals surface area contributed by atoms with Crippen LogP contribution < -0.4 is 19.5 Å². The first-order chi connectivity index (χ1) is 11.9. The standard InChI is InChI=1S/C18H28N2O4S/c1-13(2)25(21,22)20-15-5-3-14(4-6-15)12-19-16-7-8-17-18(11-16)24-10-9-23-17/h7-8,11,13-15,19-20H,3-6,9-10,12H2,1-2H3. The molecular formula is C18H28N2O4S. The smallest absolute Gasteiger partial charge is 0.214 e. The highest BCUT2D eigenvalue weighted by atomic mass is 32.2. The van der Waals surface area contributed by atoms with Gasteiger partial charge in [0.2, 0.25) is 10.0 Å². The zero-order chi connectivity index (χ0) is 17.9. The third-order valence-corrected chi connectivity index (χ3v) is 6.84. The zero-order valence-corrected chi connectivity index (χ0v) is 15.8. The number of ether oxygens (including phenoxy) is 2. The third kappa shape index (κ3) is 4.79. The van der Waals surface area contributed by atoms with Gasteiger partial charge in [-0.1, -0.05) is 0 Å². The van der Waals surface area contributed by atoms with Gasteiger partial charge in [-0.3, -0.25) is 0 Å². The minimum absolute atomic E-state index is 0.0814. The van der Waals surface area contributed by atoms with Gasteiger partial charge in [0, 0.05) is 24.3 Å². The minimum atomic E-state index is -3.17. The molecule has 1 aliphatic carbocycles. The van der Waals surface area contributed by atoms with E-state index in [-0.39, 0.29) is 11.3 Å². The van der Waals surface area contributed by atoms with E-state index in [4.69, 9.17) is 9.47 Å². The Kier molecular flexibility index (Phi) is 5.74. The van der Waals surface area contributed by atoms with Gasteiger partial charge in [-0.2, -0.15) is 0 Å². The second-order valence-electron chi connectivity index (χ2n) is 7.17. The van der Waals surface area contributed by atoms with Crippen molar-refractivity contribution in [3.63, 3.8) is 0 Å². The molecule has 3 rings (SSSR count). The zero-order valence-electron chi connectivity index (χ0n) is 15.0. The second-order valence-corrected chi connectivity index (χ2v) is 9.44. The predicted molar refractivity (Wildman–Crippen MR) is 98.9 cm³/mol. The van der Waals surface area contributed by atoms with Gasteiger partial charge < -0.3 is 14.8 Å². The fourth-order valence-corrected chi connectivity index (χ4v) is 4.24. The second kappa shape index (κ2) is 7.83. The lowest BCUT2D eigenvalue weighted by atomic mass is 9.86. The topological polar surface area (TPSA) is 76.7 Å². The van der Waals surface area contributed by atoms with E-state index in [9.17, 15) is 8.42 Å². The number of hydrogen-bond acceptors (Lipinski definition) is 5. The van der Waals surface area contributed by atoms with Crippen molar-refractivity contribution in [2.75, 3.05) is 25.1 Å². The van der Waals surface area contributed by atoms with Crippen molar-refractivity contribution >= 4 is 15.7 Å². The third-order valence-electron chi connectivity index (χ3n) is 4.94. The molecule has 140 valence electrons. The Hall–Kier alpha value is -1.47. The van der Waals surface area contributed by atoms with Crippen LogP contribution in [-0.4, -0.2) is 39.5 Å². The van der Waals surface area contributed by atoms with Crippen molar-refractivity contribution in [2.45, 2.75) is 50.8 Å². The largest absolute Gasteiger partial charge is 0.486 e. The summed E-state index contributed by atoms with van der Waals surface area (Å²) in [5, 5.41) is 3.10. The summed E-state index contributed by atoms with van der Waals surface area (Å²) in [5.74, 6) is 2.16. The van der Waals surface area contributed by atoms with E-state index in [0.717, 1.165) is 49.4 Å². The summed E-state index contributed by atoms with van der Waals surface area (Å²) in [6.45, 7) is 5.51. The van der Waals surface area contributed by atoms with Crippen molar-refractivity contribution < 1.29 is 17.9 Å². The molecule has 0 atom stereocenters. The van der Waals surface area contributed by atoms with E-state index >= 15 is 0 Å². The molecule has 0 spiro atoms. The molecule has 0 amide bonds. The Balaban J connectivity index is 1.45. The van der Waals surface area contributed by atoms with E-state index in [1.54, 1.807) is 13.8 Å². The summed E-state index contributed by atoms with van der Waals surface area (Å²) >= 11 is 0. The lowest BCUT2D eigenvalue weighted by Gasteiger charge is -2.30. The van der Waals surface area contributed by atoms with Crippen molar-refractivity contribution in [1.82, 2.24) is 4.72 Å². The molecule has 2 aliphatic rings. The number of rotatable bonds is 6. The van der Waals surface area contributed by atoms with E-state index in [2.05, 4.69) is 10.0 Å². The van der Waals surface area contributed by atoms with E-state index in [1.165, 1.54) is 0 Å². The molecule has 1 saturated carbocycles. The maximum absolute atomic E-state index is 12.0. The molecule has 1 fully saturated rings. The first kappa shape index (κ1) is 18.3.